The Hall–Kier alpha value is -1.79. The molecule has 0 atom stereocenters. The number of hydrogen-bond donors (Lipinski definition) is 1. The van der Waals surface area contributed by atoms with Crippen LogP contribution >= 0.6 is 11.3 Å². The van der Waals surface area contributed by atoms with E-state index < -0.39 is 0 Å². The molecule has 0 bridgehead atoms. The van der Waals surface area contributed by atoms with Crippen molar-refractivity contribution in [2.24, 2.45) is 0 Å². The average molecular weight is 344 g/mol. The van der Waals surface area contributed by atoms with Gasteiger partial charge in [0.05, 0.1) is 11.4 Å². The summed E-state index contributed by atoms with van der Waals surface area (Å²) in [6.45, 7) is 7.39. The quantitative estimate of drug-likeness (QED) is 0.905. The summed E-state index contributed by atoms with van der Waals surface area (Å²) in [5.41, 5.74) is 1.60. The summed E-state index contributed by atoms with van der Waals surface area (Å²) in [6.07, 6.45) is 4.98. The van der Waals surface area contributed by atoms with E-state index in [-0.39, 0.29) is 11.9 Å². The van der Waals surface area contributed by atoms with E-state index in [4.69, 9.17) is 0 Å². The molecular weight excluding hydrogens is 320 g/mol. The fourth-order valence-corrected chi connectivity index (χ4v) is 4.02. The van der Waals surface area contributed by atoms with Crippen molar-refractivity contribution >= 4 is 17.2 Å². The number of amides is 1. The number of carbonyl (C=O) groups is 1. The molecule has 1 amide bonds. The predicted octanol–water partition coefficient (Wildman–Crippen LogP) is 3.12. The van der Waals surface area contributed by atoms with E-state index in [1.54, 1.807) is 6.20 Å². The van der Waals surface area contributed by atoms with Gasteiger partial charge in [-0.05, 0) is 44.9 Å². The maximum absolute atomic E-state index is 12.6. The molecule has 1 saturated heterocycles. The number of nitrogens with one attached hydrogen (secondary N) is 1. The maximum atomic E-state index is 12.6. The van der Waals surface area contributed by atoms with Crippen LogP contribution in [0.2, 0.25) is 0 Å². The van der Waals surface area contributed by atoms with Gasteiger partial charge in [-0.1, -0.05) is 13.0 Å². The molecule has 5 nitrogen and oxygen atoms in total. The molecule has 0 aromatic carbocycles. The molecule has 0 saturated carbocycles. The van der Waals surface area contributed by atoms with Gasteiger partial charge in [-0.2, -0.15) is 0 Å². The van der Waals surface area contributed by atoms with Crippen LogP contribution in [-0.2, 0) is 0 Å². The van der Waals surface area contributed by atoms with E-state index in [2.05, 4.69) is 27.1 Å². The molecule has 6 heteroatoms. The van der Waals surface area contributed by atoms with Gasteiger partial charge in [0.15, 0.2) is 0 Å². The number of rotatable bonds is 5. The zero-order valence-electron chi connectivity index (χ0n) is 14.3. The van der Waals surface area contributed by atoms with Crippen LogP contribution < -0.4 is 5.32 Å². The first kappa shape index (κ1) is 17.0. The Morgan fingerprint density at radius 3 is 2.83 bits per heavy atom. The molecular formula is C18H24N4OS. The van der Waals surface area contributed by atoms with Crippen molar-refractivity contribution in [1.82, 2.24) is 20.2 Å². The highest BCUT2D eigenvalue weighted by Gasteiger charge is 2.23. The minimum absolute atomic E-state index is 0.00104. The second-order valence-corrected chi connectivity index (χ2v) is 7.24. The van der Waals surface area contributed by atoms with Gasteiger partial charge in [-0.15, -0.1) is 11.3 Å². The molecule has 2 aromatic rings. The van der Waals surface area contributed by atoms with Crippen LogP contribution in [0.15, 0.2) is 24.4 Å². The Morgan fingerprint density at radius 1 is 1.38 bits per heavy atom. The molecule has 128 valence electrons. The lowest BCUT2D eigenvalue weighted by Gasteiger charge is -2.31. The number of aryl methyl sites for hydroxylation is 1. The topological polar surface area (TPSA) is 58.1 Å². The first-order valence-electron chi connectivity index (χ1n) is 8.59. The van der Waals surface area contributed by atoms with Crippen LogP contribution in [-0.4, -0.2) is 46.5 Å². The second-order valence-electron chi connectivity index (χ2n) is 6.24. The molecule has 1 fully saturated rings. The Labute approximate surface area is 147 Å². The van der Waals surface area contributed by atoms with Crippen LogP contribution in [0, 0.1) is 6.92 Å². The summed E-state index contributed by atoms with van der Waals surface area (Å²) in [5.74, 6) is 0.00104. The highest BCUT2D eigenvalue weighted by atomic mass is 32.1. The summed E-state index contributed by atoms with van der Waals surface area (Å²) in [7, 11) is 0. The van der Waals surface area contributed by atoms with Crippen LogP contribution in [0.3, 0.4) is 0 Å². The number of piperidine rings is 1. The molecule has 3 rings (SSSR count). The van der Waals surface area contributed by atoms with Gasteiger partial charge in [-0.25, -0.2) is 4.98 Å². The maximum Gasteiger partial charge on any atom is 0.263 e. The van der Waals surface area contributed by atoms with Crippen LogP contribution in [0.4, 0.5) is 0 Å². The van der Waals surface area contributed by atoms with Gasteiger partial charge in [0, 0.05) is 25.3 Å². The molecule has 1 aliphatic rings. The molecule has 0 unspecified atom stereocenters. The van der Waals surface area contributed by atoms with Gasteiger partial charge in [-0.3, -0.25) is 9.78 Å². The van der Waals surface area contributed by atoms with Crippen LogP contribution in [0.1, 0.15) is 41.6 Å². The minimum Gasteiger partial charge on any atom is -0.348 e. The van der Waals surface area contributed by atoms with E-state index in [1.165, 1.54) is 17.8 Å². The SMILES string of the molecule is CCCN1CCC(NC(=O)c2sc(-c3ccccn3)nc2C)CC1. The Balaban J connectivity index is 1.63. The summed E-state index contributed by atoms with van der Waals surface area (Å²) in [6, 6.07) is 6.00. The largest absolute Gasteiger partial charge is 0.348 e. The van der Waals surface area contributed by atoms with Crippen LogP contribution in [0.5, 0.6) is 0 Å². The molecule has 2 aromatic heterocycles. The van der Waals surface area contributed by atoms with E-state index >= 15 is 0 Å². The zero-order valence-corrected chi connectivity index (χ0v) is 15.1. The Bertz CT molecular complexity index is 678. The summed E-state index contributed by atoms with van der Waals surface area (Å²) < 4.78 is 0. The van der Waals surface area contributed by atoms with Crippen molar-refractivity contribution in [1.29, 1.82) is 0 Å². The number of aromatic nitrogens is 2. The zero-order chi connectivity index (χ0) is 16.9. The fourth-order valence-electron chi connectivity index (χ4n) is 3.07. The number of nitrogens with zero attached hydrogens (tertiary/aromatic N) is 3. The monoisotopic (exact) mass is 344 g/mol. The molecule has 1 N–H and O–H groups in total. The molecule has 0 radical (unpaired) electrons. The second kappa shape index (κ2) is 7.85. The third-order valence-electron chi connectivity index (χ3n) is 4.35. The van der Waals surface area contributed by atoms with Crippen molar-refractivity contribution in [3.05, 3.63) is 35.0 Å². The van der Waals surface area contributed by atoms with Gasteiger partial charge in [0.25, 0.3) is 5.91 Å². The average Bonchev–Trinajstić information content (AvgIpc) is 3.00. The predicted molar refractivity (Wildman–Crippen MR) is 97.3 cm³/mol. The van der Waals surface area contributed by atoms with Gasteiger partial charge in [0.1, 0.15) is 9.88 Å². The van der Waals surface area contributed by atoms with Crippen molar-refractivity contribution in [2.75, 3.05) is 19.6 Å². The van der Waals surface area contributed by atoms with Gasteiger partial charge < -0.3 is 10.2 Å². The summed E-state index contributed by atoms with van der Waals surface area (Å²) in [5, 5.41) is 3.99. The number of likely N-dealkylation sites (tertiary alicyclic amines) is 1. The van der Waals surface area contributed by atoms with E-state index in [0.29, 0.717) is 4.88 Å². The Kier molecular flexibility index (Phi) is 5.58. The first-order valence-corrected chi connectivity index (χ1v) is 9.41. The standard InChI is InChI=1S/C18H24N4OS/c1-3-10-22-11-7-14(8-12-22)21-17(23)16-13(2)20-18(24-16)15-6-4-5-9-19-15/h4-6,9,14H,3,7-8,10-12H2,1-2H3,(H,21,23). The Morgan fingerprint density at radius 2 is 2.17 bits per heavy atom. The van der Waals surface area contributed by atoms with Gasteiger partial charge in [0.2, 0.25) is 0 Å². The third kappa shape index (κ3) is 3.99. The van der Waals surface area contributed by atoms with Crippen molar-refractivity contribution < 1.29 is 4.79 Å². The third-order valence-corrected chi connectivity index (χ3v) is 5.53. The lowest BCUT2D eigenvalue weighted by atomic mass is 10.0. The molecule has 0 aliphatic carbocycles. The first-order chi connectivity index (χ1) is 11.7. The normalized spacial score (nSPS) is 16.2. The summed E-state index contributed by atoms with van der Waals surface area (Å²) in [4.78, 5) is 24.6. The van der Waals surface area contributed by atoms with E-state index in [0.717, 1.165) is 48.9 Å². The summed E-state index contributed by atoms with van der Waals surface area (Å²) >= 11 is 1.42. The minimum atomic E-state index is 0.00104. The van der Waals surface area contributed by atoms with E-state index in [9.17, 15) is 4.79 Å². The molecule has 1 aliphatic heterocycles. The van der Waals surface area contributed by atoms with Crippen molar-refractivity contribution in [3.63, 3.8) is 0 Å². The number of carbonyl (C=O) groups excluding carboxylic acids is 1. The number of pyridine rings is 1. The lowest BCUT2D eigenvalue weighted by Crippen LogP contribution is -2.44. The van der Waals surface area contributed by atoms with Crippen LogP contribution in [0.25, 0.3) is 10.7 Å². The molecule has 3 heterocycles. The van der Waals surface area contributed by atoms with Gasteiger partial charge >= 0.3 is 0 Å². The molecule has 0 spiro atoms. The molecule has 24 heavy (non-hydrogen) atoms. The number of hydrogen-bond acceptors (Lipinski definition) is 5. The smallest absolute Gasteiger partial charge is 0.263 e. The van der Waals surface area contributed by atoms with E-state index in [1.807, 2.05) is 25.1 Å². The van der Waals surface area contributed by atoms with Crippen molar-refractivity contribution in [3.8, 4) is 10.7 Å². The fraction of sp³-hybridized carbons (Fsp3) is 0.500. The highest BCUT2D eigenvalue weighted by Crippen LogP contribution is 2.26. The highest BCUT2D eigenvalue weighted by molar-refractivity contribution is 7.17. The number of thiazole rings is 1. The van der Waals surface area contributed by atoms with Crippen molar-refractivity contribution in [2.45, 2.75) is 39.2 Å². The lowest BCUT2D eigenvalue weighted by molar-refractivity contribution is 0.0914.